The number of amides is 1. The van der Waals surface area contributed by atoms with Crippen LogP contribution in [0, 0.1) is 10.1 Å². The molecular weight excluding hydrogens is 460 g/mol. The second-order valence-electron chi connectivity index (χ2n) is 4.77. The maximum Gasteiger partial charge on any atom is 0.270 e. The minimum absolute atomic E-state index is 0.0293. The number of anilines is 1. The molecule has 0 fully saturated rings. The molecule has 130 valence electrons. The van der Waals surface area contributed by atoms with Gasteiger partial charge >= 0.3 is 0 Å². The summed E-state index contributed by atoms with van der Waals surface area (Å²) >= 11 is 6.70. The molecule has 0 aliphatic carbocycles. The first-order valence-electron chi connectivity index (χ1n) is 6.85. The Bertz CT molecular complexity index is 842. The molecule has 1 amide bonds. The molecule has 8 nitrogen and oxygen atoms in total. The number of nitro groups is 1. The third kappa shape index (κ3) is 5.54. The van der Waals surface area contributed by atoms with Crippen LogP contribution in [-0.4, -0.2) is 28.7 Å². The molecule has 0 aliphatic heterocycles. The zero-order valence-electron chi connectivity index (χ0n) is 12.6. The van der Waals surface area contributed by atoms with E-state index in [1.165, 1.54) is 12.1 Å². The lowest BCUT2D eigenvalue weighted by molar-refractivity contribution is -0.384. The Morgan fingerprint density at radius 1 is 1.28 bits per heavy atom. The van der Waals surface area contributed by atoms with E-state index in [-0.39, 0.29) is 23.5 Å². The van der Waals surface area contributed by atoms with Crippen LogP contribution < -0.4 is 10.7 Å². The molecule has 0 saturated carbocycles. The van der Waals surface area contributed by atoms with Crippen LogP contribution in [0.25, 0.3) is 0 Å². The van der Waals surface area contributed by atoms with Crippen molar-refractivity contribution in [3.63, 3.8) is 0 Å². The van der Waals surface area contributed by atoms with Gasteiger partial charge in [0, 0.05) is 32.3 Å². The molecule has 0 aliphatic rings. The van der Waals surface area contributed by atoms with Gasteiger partial charge in [-0.15, -0.1) is 0 Å². The maximum absolute atomic E-state index is 11.8. The highest BCUT2D eigenvalue weighted by Crippen LogP contribution is 2.25. The summed E-state index contributed by atoms with van der Waals surface area (Å²) in [6.07, 6.45) is 1.13. The van der Waals surface area contributed by atoms with Gasteiger partial charge in [-0.05, 0) is 40.2 Å². The lowest BCUT2D eigenvalue weighted by Crippen LogP contribution is -2.26. The average molecular weight is 472 g/mol. The monoisotopic (exact) mass is 470 g/mol. The summed E-state index contributed by atoms with van der Waals surface area (Å²) in [5.41, 5.74) is 2.94. The third-order valence-corrected chi connectivity index (χ3v) is 4.13. The van der Waals surface area contributed by atoms with Crippen LogP contribution in [0.2, 0.25) is 0 Å². The molecule has 0 atom stereocenters. The van der Waals surface area contributed by atoms with Gasteiger partial charge in [-0.25, -0.2) is 5.43 Å². The van der Waals surface area contributed by atoms with E-state index in [0.29, 0.717) is 0 Å². The van der Waals surface area contributed by atoms with E-state index < -0.39 is 10.8 Å². The molecule has 3 N–H and O–H groups in total. The summed E-state index contributed by atoms with van der Waals surface area (Å²) < 4.78 is 1.69. The second-order valence-corrected chi connectivity index (χ2v) is 6.54. The topological polar surface area (TPSA) is 117 Å². The van der Waals surface area contributed by atoms with Crippen LogP contribution in [0.15, 0.2) is 50.4 Å². The fraction of sp³-hybridized carbons (Fsp3) is 0.0667. The predicted molar refractivity (Wildman–Crippen MR) is 101 cm³/mol. The van der Waals surface area contributed by atoms with Gasteiger partial charge in [-0.1, -0.05) is 15.9 Å². The van der Waals surface area contributed by atoms with Crippen molar-refractivity contribution < 1.29 is 14.8 Å². The number of nitro benzene ring substituents is 1. The molecule has 0 aromatic heterocycles. The van der Waals surface area contributed by atoms with E-state index in [1.54, 1.807) is 6.07 Å². The van der Waals surface area contributed by atoms with Crippen molar-refractivity contribution in [1.29, 1.82) is 0 Å². The van der Waals surface area contributed by atoms with E-state index in [2.05, 4.69) is 47.7 Å². The standard InChI is InChI=1S/C15H12Br2N4O4/c16-10-1-3-13(12(17)6-10)18-8-15(23)20-19-7-9-5-11(21(24)25)2-4-14(9)22/h1-7,18,22H,8H2,(H,20,23)/b19-7-. The smallest absolute Gasteiger partial charge is 0.270 e. The number of carbonyl (C=O) groups excluding carboxylic acids is 1. The molecule has 2 aromatic carbocycles. The van der Waals surface area contributed by atoms with Crippen LogP contribution in [-0.2, 0) is 4.79 Å². The number of hydrazone groups is 1. The highest BCUT2D eigenvalue weighted by molar-refractivity contribution is 9.11. The molecule has 0 spiro atoms. The van der Waals surface area contributed by atoms with Gasteiger partial charge in [0.05, 0.1) is 17.7 Å². The summed E-state index contributed by atoms with van der Waals surface area (Å²) in [5, 5.41) is 27.0. The maximum atomic E-state index is 11.8. The number of phenolic OH excluding ortho intramolecular Hbond substituents is 1. The molecule has 0 radical (unpaired) electrons. The number of benzene rings is 2. The molecule has 0 saturated heterocycles. The average Bonchev–Trinajstić information content (AvgIpc) is 2.55. The first-order valence-corrected chi connectivity index (χ1v) is 8.43. The van der Waals surface area contributed by atoms with E-state index >= 15 is 0 Å². The fourth-order valence-electron chi connectivity index (χ4n) is 1.78. The lowest BCUT2D eigenvalue weighted by Gasteiger charge is -2.07. The van der Waals surface area contributed by atoms with Gasteiger partial charge in [0.2, 0.25) is 0 Å². The number of hydrogen-bond donors (Lipinski definition) is 3. The number of halogens is 2. The Kier molecular flexibility index (Phi) is 6.48. The molecule has 25 heavy (non-hydrogen) atoms. The first kappa shape index (κ1) is 18.9. The van der Waals surface area contributed by atoms with Crippen molar-refractivity contribution in [3.8, 4) is 5.75 Å². The van der Waals surface area contributed by atoms with Gasteiger partial charge in [0.15, 0.2) is 0 Å². The number of carbonyl (C=O) groups is 1. The van der Waals surface area contributed by atoms with Crippen LogP contribution in [0.3, 0.4) is 0 Å². The normalized spacial score (nSPS) is 10.6. The van der Waals surface area contributed by atoms with Crippen molar-refractivity contribution in [2.75, 3.05) is 11.9 Å². The highest BCUT2D eigenvalue weighted by atomic mass is 79.9. The molecule has 0 unspecified atom stereocenters. The number of hydrogen-bond acceptors (Lipinski definition) is 6. The summed E-state index contributed by atoms with van der Waals surface area (Å²) in [4.78, 5) is 21.9. The first-order chi connectivity index (χ1) is 11.9. The Balaban J connectivity index is 1.92. The van der Waals surface area contributed by atoms with Crippen molar-refractivity contribution in [2.24, 2.45) is 5.10 Å². The Hall–Kier alpha value is -2.46. The van der Waals surface area contributed by atoms with Gasteiger partial charge in [0.1, 0.15) is 5.75 Å². The third-order valence-electron chi connectivity index (χ3n) is 2.99. The quantitative estimate of drug-likeness (QED) is 0.339. The lowest BCUT2D eigenvalue weighted by atomic mass is 10.2. The highest BCUT2D eigenvalue weighted by Gasteiger charge is 2.09. The van der Waals surface area contributed by atoms with Crippen molar-refractivity contribution in [3.05, 3.63) is 61.0 Å². The fourth-order valence-corrected chi connectivity index (χ4v) is 2.97. The van der Waals surface area contributed by atoms with Crippen molar-refractivity contribution >= 4 is 55.4 Å². The van der Waals surface area contributed by atoms with E-state index in [9.17, 15) is 20.0 Å². The SMILES string of the molecule is O=C(CNc1ccc(Br)cc1Br)N/N=C\c1cc([N+](=O)[O-])ccc1O. The predicted octanol–water partition coefficient (Wildman–Crippen LogP) is 3.39. The van der Waals surface area contributed by atoms with E-state index in [4.69, 9.17) is 0 Å². The molecule has 2 rings (SSSR count). The Labute approximate surface area is 159 Å². The summed E-state index contributed by atoms with van der Waals surface area (Å²) in [7, 11) is 0. The minimum Gasteiger partial charge on any atom is -0.507 e. The Morgan fingerprint density at radius 3 is 2.72 bits per heavy atom. The zero-order valence-corrected chi connectivity index (χ0v) is 15.7. The summed E-state index contributed by atoms with van der Waals surface area (Å²) in [6.45, 7) is -0.0293. The zero-order chi connectivity index (χ0) is 18.4. The molecule has 0 bridgehead atoms. The summed E-state index contributed by atoms with van der Waals surface area (Å²) in [6, 6.07) is 8.98. The molecule has 2 aromatic rings. The summed E-state index contributed by atoms with van der Waals surface area (Å²) in [5.74, 6) is -0.600. The Morgan fingerprint density at radius 2 is 2.04 bits per heavy atom. The van der Waals surface area contributed by atoms with Gasteiger partial charge < -0.3 is 10.4 Å². The van der Waals surface area contributed by atoms with Gasteiger partial charge in [-0.2, -0.15) is 5.10 Å². The minimum atomic E-state index is -0.588. The van der Waals surface area contributed by atoms with Gasteiger partial charge in [0.25, 0.3) is 11.6 Å². The van der Waals surface area contributed by atoms with Gasteiger partial charge in [-0.3, -0.25) is 14.9 Å². The number of nitrogens with zero attached hydrogens (tertiary/aromatic N) is 2. The number of phenols is 1. The van der Waals surface area contributed by atoms with E-state index in [1.807, 2.05) is 12.1 Å². The van der Waals surface area contributed by atoms with Crippen molar-refractivity contribution in [1.82, 2.24) is 5.43 Å². The second kappa shape index (κ2) is 8.58. The van der Waals surface area contributed by atoms with Crippen molar-refractivity contribution in [2.45, 2.75) is 0 Å². The van der Waals surface area contributed by atoms with Crippen LogP contribution in [0.5, 0.6) is 5.75 Å². The number of aromatic hydroxyl groups is 1. The molecular formula is C15H12Br2N4O4. The largest absolute Gasteiger partial charge is 0.507 e. The van der Waals surface area contributed by atoms with Crippen LogP contribution >= 0.6 is 31.9 Å². The number of nitrogens with one attached hydrogen (secondary N) is 2. The molecule has 0 heterocycles. The van der Waals surface area contributed by atoms with Crippen LogP contribution in [0.4, 0.5) is 11.4 Å². The molecule has 10 heteroatoms. The van der Waals surface area contributed by atoms with Crippen LogP contribution in [0.1, 0.15) is 5.56 Å². The number of non-ortho nitro benzene ring substituents is 1. The van der Waals surface area contributed by atoms with E-state index in [0.717, 1.165) is 26.9 Å². The number of rotatable bonds is 6.